The van der Waals surface area contributed by atoms with E-state index in [1.165, 1.54) is 11.8 Å². The average Bonchev–Trinajstić information content (AvgIpc) is 2.47. The van der Waals surface area contributed by atoms with Gasteiger partial charge in [0.1, 0.15) is 6.04 Å². The zero-order chi connectivity index (χ0) is 15.4. The molecule has 0 aliphatic carbocycles. The minimum atomic E-state index is -0.546. The fraction of sp³-hybridized carbons (Fsp3) is 0.400. The number of rotatable bonds is 3. The minimum absolute atomic E-state index is 0.0299. The Kier molecular flexibility index (Phi) is 4.57. The van der Waals surface area contributed by atoms with Crippen LogP contribution < -0.4 is 11.1 Å². The van der Waals surface area contributed by atoms with Gasteiger partial charge in [0, 0.05) is 17.8 Å². The topological polar surface area (TPSA) is 92.5 Å². The molecule has 6 heteroatoms. The van der Waals surface area contributed by atoms with Gasteiger partial charge < -0.3 is 16.0 Å². The number of piperidine rings is 1. The second kappa shape index (κ2) is 6.39. The van der Waals surface area contributed by atoms with Crippen LogP contribution in [0.15, 0.2) is 24.3 Å². The van der Waals surface area contributed by atoms with E-state index in [0.29, 0.717) is 24.2 Å². The van der Waals surface area contributed by atoms with Crippen LogP contribution in [0.5, 0.6) is 0 Å². The maximum Gasteiger partial charge on any atom is 0.322 e. The number of hydrogen-bond acceptors (Lipinski definition) is 3. The maximum atomic E-state index is 12.2. The van der Waals surface area contributed by atoms with Crippen LogP contribution in [-0.4, -0.2) is 35.2 Å². The largest absolute Gasteiger partial charge is 0.368 e. The molecule has 1 aliphatic heterocycles. The number of likely N-dealkylation sites (tertiary alicyclic amines) is 1. The number of nitrogens with two attached hydrogens (primary N) is 1. The van der Waals surface area contributed by atoms with Gasteiger partial charge in [-0.2, -0.15) is 0 Å². The molecule has 1 unspecified atom stereocenters. The van der Waals surface area contributed by atoms with Gasteiger partial charge in [-0.05, 0) is 50.5 Å². The van der Waals surface area contributed by atoms with Crippen molar-refractivity contribution in [2.45, 2.75) is 32.2 Å². The number of ketones is 1. The van der Waals surface area contributed by atoms with E-state index in [9.17, 15) is 14.4 Å². The van der Waals surface area contributed by atoms with Crippen molar-refractivity contribution in [2.75, 3.05) is 11.9 Å². The molecule has 3 N–H and O–H groups in total. The lowest BCUT2D eigenvalue weighted by Gasteiger charge is -2.33. The molecular formula is C15H19N3O3. The molecule has 1 saturated heterocycles. The molecule has 21 heavy (non-hydrogen) atoms. The van der Waals surface area contributed by atoms with E-state index < -0.39 is 11.9 Å². The van der Waals surface area contributed by atoms with Gasteiger partial charge in [0.2, 0.25) is 5.91 Å². The van der Waals surface area contributed by atoms with Crippen LogP contribution in [0, 0.1) is 0 Å². The highest BCUT2D eigenvalue weighted by Gasteiger charge is 2.30. The highest BCUT2D eigenvalue weighted by atomic mass is 16.2. The summed E-state index contributed by atoms with van der Waals surface area (Å²) in [6, 6.07) is 5.75. The lowest BCUT2D eigenvalue weighted by Crippen LogP contribution is -2.51. The first kappa shape index (κ1) is 15.0. The zero-order valence-electron chi connectivity index (χ0n) is 12.0. The van der Waals surface area contributed by atoms with Gasteiger partial charge in [0.15, 0.2) is 5.78 Å². The molecule has 1 aromatic carbocycles. The molecule has 0 saturated carbocycles. The smallest absolute Gasteiger partial charge is 0.322 e. The molecule has 0 radical (unpaired) electrons. The van der Waals surface area contributed by atoms with Crippen molar-refractivity contribution < 1.29 is 14.4 Å². The summed E-state index contributed by atoms with van der Waals surface area (Å²) < 4.78 is 0. The molecule has 6 nitrogen and oxygen atoms in total. The Morgan fingerprint density at radius 3 is 2.43 bits per heavy atom. The maximum absolute atomic E-state index is 12.2. The van der Waals surface area contributed by atoms with E-state index in [-0.39, 0.29) is 11.8 Å². The second-order valence-electron chi connectivity index (χ2n) is 5.17. The van der Waals surface area contributed by atoms with Gasteiger partial charge in [-0.25, -0.2) is 4.79 Å². The third-order valence-electron chi connectivity index (χ3n) is 3.63. The normalized spacial score (nSPS) is 18.1. The van der Waals surface area contributed by atoms with Crippen LogP contribution in [0.4, 0.5) is 10.5 Å². The first-order valence-corrected chi connectivity index (χ1v) is 6.97. The first-order chi connectivity index (χ1) is 9.99. The molecule has 112 valence electrons. The third kappa shape index (κ3) is 3.59. The van der Waals surface area contributed by atoms with Crippen molar-refractivity contribution in [3.8, 4) is 0 Å². The van der Waals surface area contributed by atoms with Gasteiger partial charge in [0.05, 0.1) is 0 Å². The fourth-order valence-corrected chi connectivity index (χ4v) is 2.45. The van der Waals surface area contributed by atoms with E-state index in [1.807, 2.05) is 0 Å². The molecule has 3 amide bonds. The number of benzene rings is 1. The SMILES string of the molecule is CC(=O)c1ccc(NC(=O)N2CCCCC2C(N)=O)cc1. The Bertz CT molecular complexity index is 554. The summed E-state index contributed by atoms with van der Waals surface area (Å²) in [5, 5.41) is 2.73. The number of nitrogens with one attached hydrogen (secondary N) is 1. The Morgan fingerprint density at radius 1 is 1.19 bits per heavy atom. The van der Waals surface area contributed by atoms with Crippen LogP contribution in [0.25, 0.3) is 0 Å². The Labute approximate surface area is 123 Å². The van der Waals surface area contributed by atoms with E-state index >= 15 is 0 Å². The summed E-state index contributed by atoms with van der Waals surface area (Å²) in [7, 11) is 0. The van der Waals surface area contributed by atoms with Crippen LogP contribution in [-0.2, 0) is 4.79 Å². The van der Waals surface area contributed by atoms with Crippen LogP contribution >= 0.6 is 0 Å². The summed E-state index contributed by atoms with van der Waals surface area (Å²) in [6.45, 7) is 2.00. The molecule has 2 rings (SSSR count). The molecule has 0 spiro atoms. The number of carbonyl (C=O) groups is 3. The number of nitrogens with zero attached hydrogens (tertiary/aromatic N) is 1. The first-order valence-electron chi connectivity index (χ1n) is 6.97. The molecule has 1 aliphatic rings. The fourth-order valence-electron chi connectivity index (χ4n) is 2.45. The van der Waals surface area contributed by atoms with Gasteiger partial charge >= 0.3 is 6.03 Å². The summed E-state index contributed by atoms with van der Waals surface area (Å²) in [5.74, 6) is -0.505. The van der Waals surface area contributed by atoms with E-state index in [4.69, 9.17) is 5.73 Å². The number of primary amides is 1. The lowest BCUT2D eigenvalue weighted by atomic mass is 10.0. The quantitative estimate of drug-likeness (QED) is 0.830. The Morgan fingerprint density at radius 2 is 1.86 bits per heavy atom. The van der Waals surface area contributed by atoms with Gasteiger partial charge in [-0.1, -0.05) is 0 Å². The highest BCUT2D eigenvalue weighted by molar-refractivity contribution is 5.96. The second-order valence-corrected chi connectivity index (χ2v) is 5.17. The summed E-state index contributed by atoms with van der Waals surface area (Å²) in [6.07, 6.45) is 2.36. The van der Waals surface area contributed by atoms with Crippen molar-refractivity contribution in [3.05, 3.63) is 29.8 Å². The number of carbonyl (C=O) groups excluding carboxylic acids is 3. The predicted octanol–water partition coefficient (Wildman–Crippen LogP) is 1.76. The molecule has 0 aromatic heterocycles. The number of anilines is 1. The van der Waals surface area contributed by atoms with Crippen molar-refractivity contribution in [2.24, 2.45) is 5.73 Å². The molecule has 1 atom stereocenters. The highest BCUT2D eigenvalue weighted by Crippen LogP contribution is 2.18. The summed E-state index contributed by atoms with van der Waals surface area (Å²) in [4.78, 5) is 36.3. The van der Waals surface area contributed by atoms with E-state index in [1.54, 1.807) is 24.3 Å². The average molecular weight is 289 g/mol. The molecule has 0 bridgehead atoms. The van der Waals surface area contributed by atoms with E-state index in [2.05, 4.69) is 5.32 Å². The van der Waals surface area contributed by atoms with E-state index in [0.717, 1.165) is 12.8 Å². The number of urea groups is 1. The standard InChI is InChI=1S/C15H19N3O3/c1-10(19)11-5-7-12(8-6-11)17-15(21)18-9-3-2-4-13(18)14(16)20/h5-8,13H,2-4,9H2,1H3,(H2,16,20)(H,17,21). The van der Waals surface area contributed by atoms with Gasteiger partial charge in [-0.15, -0.1) is 0 Å². The minimum Gasteiger partial charge on any atom is -0.368 e. The summed E-state index contributed by atoms with van der Waals surface area (Å²) in [5.41, 5.74) is 6.51. The molecule has 1 aromatic rings. The monoisotopic (exact) mass is 289 g/mol. The number of hydrogen-bond donors (Lipinski definition) is 2. The predicted molar refractivity (Wildman–Crippen MR) is 79.0 cm³/mol. The lowest BCUT2D eigenvalue weighted by molar-refractivity contribution is -0.123. The number of Topliss-reactive ketones (excluding diaryl/α,β-unsaturated/α-hetero) is 1. The van der Waals surface area contributed by atoms with Crippen molar-refractivity contribution >= 4 is 23.4 Å². The van der Waals surface area contributed by atoms with Crippen molar-refractivity contribution in [1.82, 2.24) is 4.90 Å². The van der Waals surface area contributed by atoms with Crippen molar-refractivity contribution in [3.63, 3.8) is 0 Å². The van der Waals surface area contributed by atoms with Crippen LogP contribution in [0.3, 0.4) is 0 Å². The van der Waals surface area contributed by atoms with Crippen molar-refractivity contribution in [1.29, 1.82) is 0 Å². The summed E-state index contributed by atoms with van der Waals surface area (Å²) >= 11 is 0. The third-order valence-corrected chi connectivity index (χ3v) is 3.63. The molecule has 1 heterocycles. The zero-order valence-corrected chi connectivity index (χ0v) is 12.0. The van der Waals surface area contributed by atoms with Crippen LogP contribution in [0.2, 0.25) is 0 Å². The molecule has 1 fully saturated rings. The van der Waals surface area contributed by atoms with Gasteiger partial charge in [0.25, 0.3) is 0 Å². The van der Waals surface area contributed by atoms with Crippen LogP contribution in [0.1, 0.15) is 36.5 Å². The molecular weight excluding hydrogens is 270 g/mol. The Hall–Kier alpha value is -2.37. The Balaban J connectivity index is 2.05. The number of amides is 3. The van der Waals surface area contributed by atoms with Gasteiger partial charge in [-0.3, -0.25) is 9.59 Å².